The van der Waals surface area contributed by atoms with E-state index >= 15 is 0 Å². The van der Waals surface area contributed by atoms with Gasteiger partial charge in [-0.3, -0.25) is 10.1 Å². The molecule has 2 rings (SSSR count). The van der Waals surface area contributed by atoms with Crippen molar-refractivity contribution in [2.45, 2.75) is 13.5 Å². The average molecular weight is 294 g/mol. The van der Waals surface area contributed by atoms with Crippen LogP contribution in [0.25, 0.3) is 0 Å². The van der Waals surface area contributed by atoms with Gasteiger partial charge in [0.2, 0.25) is 0 Å². The number of nitro groups is 1. The highest BCUT2D eigenvalue weighted by molar-refractivity contribution is 6.32. The van der Waals surface area contributed by atoms with Crippen molar-refractivity contribution in [2.24, 2.45) is 0 Å². The maximum Gasteiger partial charge on any atom is 0.269 e. The Labute approximate surface area is 120 Å². The molecule has 0 aliphatic rings. The van der Waals surface area contributed by atoms with E-state index in [1.54, 1.807) is 25.1 Å². The molecule has 0 radical (unpaired) electrons. The molecule has 0 spiro atoms. The lowest BCUT2D eigenvalue weighted by molar-refractivity contribution is -0.384. The fourth-order valence-corrected chi connectivity index (χ4v) is 1.95. The van der Waals surface area contributed by atoms with Gasteiger partial charge in [0.15, 0.2) is 0 Å². The zero-order valence-electron chi connectivity index (χ0n) is 10.7. The van der Waals surface area contributed by atoms with Gasteiger partial charge in [-0.2, -0.15) is 0 Å². The number of nitro benzene ring substituents is 1. The SMILES string of the molecule is Cc1cc([N+](=O)[O-])ccc1Oc1ccc(CO)cc1Cl. The second-order valence-corrected chi connectivity index (χ2v) is 4.64. The molecular weight excluding hydrogens is 282 g/mol. The Balaban J connectivity index is 2.28. The summed E-state index contributed by atoms with van der Waals surface area (Å²) >= 11 is 6.05. The number of nitrogens with zero attached hydrogens (tertiary/aromatic N) is 1. The van der Waals surface area contributed by atoms with E-state index in [1.807, 2.05) is 0 Å². The molecule has 0 aliphatic carbocycles. The van der Waals surface area contributed by atoms with E-state index in [2.05, 4.69) is 0 Å². The third kappa shape index (κ3) is 3.07. The second-order valence-electron chi connectivity index (χ2n) is 4.23. The number of halogens is 1. The third-order valence-corrected chi connectivity index (χ3v) is 3.06. The minimum Gasteiger partial charge on any atom is -0.456 e. The predicted octanol–water partition coefficient (Wildman–Crippen LogP) is 3.84. The number of aryl methyl sites for hydroxylation is 1. The quantitative estimate of drug-likeness (QED) is 0.686. The summed E-state index contributed by atoms with van der Waals surface area (Å²) in [5.74, 6) is 0.926. The van der Waals surface area contributed by atoms with E-state index in [9.17, 15) is 10.1 Å². The van der Waals surface area contributed by atoms with Crippen LogP contribution in [-0.2, 0) is 6.61 Å². The van der Waals surface area contributed by atoms with E-state index in [-0.39, 0.29) is 12.3 Å². The molecule has 0 aromatic heterocycles. The Morgan fingerprint density at radius 1 is 1.25 bits per heavy atom. The number of ether oxygens (including phenoxy) is 1. The summed E-state index contributed by atoms with van der Waals surface area (Å²) in [6.45, 7) is 1.62. The van der Waals surface area contributed by atoms with E-state index < -0.39 is 4.92 Å². The first-order valence-corrected chi connectivity index (χ1v) is 6.21. The number of benzene rings is 2. The molecule has 5 nitrogen and oxygen atoms in total. The van der Waals surface area contributed by atoms with Crippen molar-refractivity contribution in [3.05, 3.63) is 62.7 Å². The molecule has 0 fully saturated rings. The zero-order chi connectivity index (χ0) is 14.7. The van der Waals surface area contributed by atoms with Gasteiger partial charge in [0, 0.05) is 12.1 Å². The van der Waals surface area contributed by atoms with Crippen LogP contribution >= 0.6 is 11.6 Å². The number of hydrogen-bond donors (Lipinski definition) is 1. The number of hydrogen-bond acceptors (Lipinski definition) is 4. The lowest BCUT2D eigenvalue weighted by Gasteiger charge is -2.10. The maximum atomic E-state index is 10.7. The lowest BCUT2D eigenvalue weighted by Crippen LogP contribution is -1.93. The van der Waals surface area contributed by atoms with Crippen LogP contribution in [0.3, 0.4) is 0 Å². The molecule has 0 aliphatic heterocycles. The van der Waals surface area contributed by atoms with Crippen LogP contribution in [-0.4, -0.2) is 10.0 Å². The normalized spacial score (nSPS) is 10.3. The van der Waals surface area contributed by atoms with Crippen LogP contribution in [0, 0.1) is 17.0 Å². The van der Waals surface area contributed by atoms with Gasteiger partial charge >= 0.3 is 0 Å². The summed E-state index contributed by atoms with van der Waals surface area (Å²) in [5, 5.41) is 20.0. The summed E-state index contributed by atoms with van der Waals surface area (Å²) in [7, 11) is 0. The molecule has 2 aromatic rings. The fourth-order valence-electron chi connectivity index (χ4n) is 1.71. The highest BCUT2D eigenvalue weighted by Crippen LogP contribution is 2.33. The first kappa shape index (κ1) is 14.3. The third-order valence-electron chi connectivity index (χ3n) is 2.77. The molecule has 2 aromatic carbocycles. The summed E-state index contributed by atoms with van der Waals surface area (Å²) in [6, 6.07) is 9.29. The lowest BCUT2D eigenvalue weighted by atomic mass is 10.2. The maximum absolute atomic E-state index is 10.7. The van der Waals surface area contributed by atoms with Crippen LogP contribution in [0.5, 0.6) is 11.5 Å². The highest BCUT2D eigenvalue weighted by Gasteiger charge is 2.11. The zero-order valence-corrected chi connectivity index (χ0v) is 11.4. The molecule has 1 N–H and O–H groups in total. The van der Waals surface area contributed by atoms with Crippen molar-refractivity contribution >= 4 is 17.3 Å². The Hall–Kier alpha value is -2.11. The number of rotatable bonds is 4. The van der Waals surface area contributed by atoms with Crippen molar-refractivity contribution in [2.75, 3.05) is 0 Å². The van der Waals surface area contributed by atoms with E-state index in [1.165, 1.54) is 18.2 Å². The van der Waals surface area contributed by atoms with Crippen molar-refractivity contribution in [3.8, 4) is 11.5 Å². The first-order valence-electron chi connectivity index (χ1n) is 5.83. The topological polar surface area (TPSA) is 72.6 Å². The number of aliphatic hydroxyl groups is 1. The van der Waals surface area contributed by atoms with E-state index in [0.29, 0.717) is 27.6 Å². The Kier molecular flexibility index (Phi) is 4.22. The molecular formula is C14H12ClNO4. The Morgan fingerprint density at radius 3 is 2.50 bits per heavy atom. The summed E-state index contributed by atoms with van der Waals surface area (Å²) in [6.07, 6.45) is 0. The van der Waals surface area contributed by atoms with Gasteiger partial charge in [-0.05, 0) is 36.2 Å². The van der Waals surface area contributed by atoms with Crippen molar-refractivity contribution in [1.29, 1.82) is 0 Å². The molecule has 0 heterocycles. The fraction of sp³-hybridized carbons (Fsp3) is 0.143. The van der Waals surface area contributed by atoms with Gasteiger partial charge in [0.25, 0.3) is 5.69 Å². The van der Waals surface area contributed by atoms with E-state index in [0.717, 1.165) is 0 Å². The van der Waals surface area contributed by atoms with Crippen LogP contribution in [0.2, 0.25) is 5.02 Å². The van der Waals surface area contributed by atoms with E-state index in [4.69, 9.17) is 21.4 Å². The van der Waals surface area contributed by atoms with Crippen LogP contribution in [0.15, 0.2) is 36.4 Å². The van der Waals surface area contributed by atoms with Gasteiger partial charge < -0.3 is 9.84 Å². The Bertz CT molecular complexity index is 658. The number of aliphatic hydroxyl groups excluding tert-OH is 1. The van der Waals surface area contributed by atoms with Gasteiger partial charge in [-0.1, -0.05) is 17.7 Å². The molecule has 0 saturated carbocycles. The summed E-state index contributed by atoms with van der Waals surface area (Å²) in [5.41, 5.74) is 1.33. The molecule has 0 unspecified atom stereocenters. The molecule has 0 amide bonds. The number of non-ortho nitro benzene ring substituents is 1. The van der Waals surface area contributed by atoms with Crippen LogP contribution in [0.4, 0.5) is 5.69 Å². The predicted molar refractivity (Wildman–Crippen MR) is 75.3 cm³/mol. The van der Waals surface area contributed by atoms with Crippen molar-refractivity contribution < 1.29 is 14.8 Å². The minimum absolute atomic E-state index is 0.0107. The monoisotopic (exact) mass is 293 g/mol. The molecule has 104 valence electrons. The molecule has 0 atom stereocenters. The largest absolute Gasteiger partial charge is 0.456 e. The van der Waals surface area contributed by atoms with Crippen LogP contribution < -0.4 is 4.74 Å². The summed E-state index contributed by atoms with van der Waals surface area (Å²) < 4.78 is 5.64. The highest BCUT2D eigenvalue weighted by atomic mass is 35.5. The smallest absolute Gasteiger partial charge is 0.269 e. The van der Waals surface area contributed by atoms with Crippen LogP contribution in [0.1, 0.15) is 11.1 Å². The summed E-state index contributed by atoms with van der Waals surface area (Å²) in [4.78, 5) is 10.2. The van der Waals surface area contributed by atoms with Gasteiger partial charge in [0.05, 0.1) is 16.6 Å². The van der Waals surface area contributed by atoms with Gasteiger partial charge in [0.1, 0.15) is 11.5 Å². The molecule has 20 heavy (non-hydrogen) atoms. The average Bonchev–Trinajstić information content (AvgIpc) is 2.42. The second kappa shape index (κ2) is 5.90. The minimum atomic E-state index is -0.459. The first-order chi connectivity index (χ1) is 9.51. The standard InChI is InChI=1S/C14H12ClNO4/c1-9-6-11(16(18)19)3-5-13(9)20-14-4-2-10(8-17)7-12(14)15/h2-7,17H,8H2,1H3. The molecule has 0 bridgehead atoms. The van der Waals surface area contributed by atoms with Crippen molar-refractivity contribution in [1.82, 2.24) is 0 Å². The van der Waals surface area contributed by atoms with Gasteiger partial charge in [-0.15, -0.1) is 0 Å². The van der Waals surface area contributed by atoms with Crippen molar-refractivity contribution in [3.63, 3.8) is 0 Å². The molecule has 6 heteroatoms. The Morgan fingerprint density at radius 2 is 1.95 bits per heavy atom. The molecule has 0 saturated heterocycles. The van der Waals surface area contributed by atoms with Gasteiger partial charge in [-0.25, -0.2) is 0 Å².